The third kappa shape index (κ3) is 2.56. The van der Waals surface area contributed by atoms with Gasteiger partial charge in [0.15, 0.2) is 5.78 Å². The minimum Gasteiger partial charge on any atom is -0.398 e. The van der Waals surface area contributed by atoms with Crippen LogP contribution in [0, 0.1) is 0 Å². The van der Waals surface area contributed by atoms with E-state index in [0.29, 0.717) is 17.8 Å². The summed E-state index contributed by atoms with van der Waals surface area (Å²) in [6.07, 6.45) is 3.94. The molecule has 0 aliphatic carbocycles. The van der Waals surface area contributed by atoms with E-state index in [1.54, 1.807) is 6.07 Å². The first kappa shape index (κ1) is 12.3. The molecule has 2 aromatic rings. The van der Waals surface area contributed by atoms with Gasteiger partial charge in [0.1, 0.15) is 5.69 Å². The third-order valence-corrected chi connectivity index (χ3v) is 2.85. The molecule has 0 unspecified atom stereocenters. The van der Waals surface area contributed by atoms with Crippen molar-refractivity contribution in [3.63, 3.8) is 0 Å². The normalized spacial score (nSPS) is 10.4. The number of nitrogens with two attached hydrogens (primary N) is 1. The molecule has 2 rings (SSSR count). The number of anilines is 1. The van der Waals surface area contributed by atoms with E-state index in [9.17, 15) is 4.79 Å². The summed E-state index contributed by atoms with van der Waals surface area (Å²) >= 11 is 0. The molecule has 3 heteroatoms. The van der Waals surface area contributed by atoms with E-state index >= 15 is 0 Å². The van der Waals surface area contributed by atoms with Crippen molar-refractivity contribution in [1.29, 1.82) is 0 Å². The fourth-order valence-corrected chi connectivity index (χ4v) is 1.88. The van der Waals surface area contributed by atoms with Crippen LogP contribution in [-0.2, 0) is 0 Å². The smallest absolute Gasteiger partial charge is 0.181 e. The molecule has 0 saturated carbocycles. The highest BCUT2D eigenvalue weighted by Gasteiger charge is 2.10. The number of Topliss-reactive ketones (excluding diaryl/α,β-unsaturated/α-hetero) is 1. The van der Waals surface area contributed by atoms with Crippen molar-refractivity contribution >= 4 is 22.4 Å². The van der Waals surface area contributed by atoms with Crippen LogP contribution in [0.15, 0.2) is 43.0 Å². The monoisotopic (exact) mass is 240 g/mol. The van der Waals surface area contributed by atoms with Gasteiger partial charge in [0.25, 0.3) is 0 Å². The second kappa shape index (κ2) is 5.45. The van der Waals surface area contributed by atoms with Gasteiger partial charge in [-0.05, 0) is 25.0 Å². The molecule has 1 heterocycles. The van der Waals surface area contributed by atoms with Gasteiger partial charge in [0, 0.05) is 17.5 Å². The average molecular weight is 240 g/mol. The van der Waals surface area contributed by atoms with E-state index < -0.39 is 0 Å². The molecule has 0 fully saturated rings. The lowest BCUT2D eigenvalue weighted by molar-refractivity contribution is 0.0976. The lowest BCUT2D eigenvalue weighted by Gasteiger charge is -2.05. The first-order chi connectivity index (χ1) is 8.72. The number of nitrogens with zero attached hydrogens (tertiary/aromatic N) is 1. The Morgan fingerprint density at radius 2 is 2.17 bits per heavy atom. The number of benzene rings is 1. The molecule has 0 spiro atoms. The molecule has 2 N–H and O–H groups in total. The van der Waals surface area contributed by atoms with Crippen LogP contribution in [0.2, 0.25) is 0 Å². The van der Waals surface area contributed by atoms with Crippen LogP contribution in [-0.4, -0.2) is 10.8 Å². The number of fused-ring (bicyclic) bond motifs is 1. The number of para-hydroxylation sites is 1. The number of hydrogen-bond donors (Lipinski definition) is 1. The molecule has 1 aromatic heterocycles. The van der Waals surface area contributed by atoms with Gasteiger partial charge in [-0.1, -0.05) is 24.3 Å². The van der Waals surface area contributed by atoms with Gasteiger partial charge in [-0.25, -0.2) is 4.98 Å². The number of rotatable bonds is 5. The Morgan fingerprint density at radius 1 is 1.39 bits per heavy atom. The summed E-state index contributed by atoms with van der Waals surface area (Å²) in [6, 6.07) is 9.24. The molecule has 0 atom stereocenters. The predicted molar refractivity (Wildman–Crippen MR) is 74.5 cm³/mol. The fourth-order valence-electron chi connectivity index (χ4n) is 1.88. The number of carbonyl (C=O) groups excluding carboxylic acids is 1. The molecule has 92 valence electrons. The third-order valence-electron chi connectivity index (χ3n) is 2.85. The molecule has 3 nitrogen and oxygen atoms in total. The second-order valence-corrected chi connectivity index (χ2v) is 4.22. The van der Waals surface area contributed by atoms with Crippen molar-refractivity contribution in [2.45, 2.75) is 19.3 Å². The summed E-state index contributed by atoms with van der Waals surface area (Å²) in [5, 5.41) is 0.889. The van der Waals surface area contributed by atoms with E-state index in [0.717, 1.165) is 23.7 Å². The van der Waals surface area contributed by atoms with Gasteiger partial charge in [-0.2, -0.15) is 0 Å². The van der Waals surface area contributed by atoms with Gasteiger partial charge < -0.3 is 5.73 Å². The van der Waals surface area contributed by atoms with Gasteiger partial charge in [-0.3, -0.25) is 4.79 Å². The van der Waals surface area contributed by atoms with Crippen molar-refractivity contribution < 1.29 is 4.79 Å². The van der Waals surface area contributed by atoms with E-state index in [4.69, 9.17) is 5.73 Å². The van der Waals surface area contributed by atoms with Crippen molar-refractivity contribution in [3.8, 4) is 0 Å². The number of aromatic nitrogens is 1. The lowest BCUT2D eigenvalue weighted by Crippen LogP contribution is -2.04. The largest absolute Gasteiger partial charge is 0.398 e. The topological polar surface area (TPSA) is 56.0 Å². The average Bonchev–Trinajstić information content (AvgIpc) is 2.39. The van der Waals surface area contributed by atoms with E-state index in [2.05, 4.69) is 11.6 Å². The van der Waals surface area contributed by atoms with E-state index in [-0.39, 0.29) is 5.78 Å². The Bertz CT molecular complexity index is 590. The molecular formula is C15H16N2O. The molecular weight excluding hydrogens is 224 g/mol. The summed E-state index contributed by atoms with van der Waals surface area (Å²) in [5.74, 6) is 0.0364. The summed E-state index contributed by atoms with van der Waals surface area (Å²) in [6.45, 7) is 3.64. The maximum Gasteiger partial charge on any atom is 0.181 e. The van der Waals surface area contributed by atoms with Gasteiger partial charge in [0.2, 0.25) is 0 Å². The summed E-state index contributed by atoms with van der Waals surface area (Å²) < 4.78 is 0. The molecule has 1 aromatic carbocycles. The Hall–Kier alpha value is -2.16. The molecule has 0 amide bonds. The molecule has 18 heavy (non-hydrogen) atoms. The molecule has 0 aliphatic rings. The van der Waals surface area contributed by atoms with Gasteiger partial charge in [0.05, 0.1) is 5.52 Å². The Labute approximate surface area is 106 Å². The van der Waals surface area contributed by atoms with Crippen LogP contribution < -0.4 is 5.73 Å². The van der Waals surface area contributed by atoms with Gasteiger partial charge in [-0.15, -0.1) is 6.58 Å². The molecule has 0 radical (unpaired) electrons. The van der Waals surface area contributed by atoms with Crippen LogP contribution >= 0.6 is 0 Å². The number of carbonyl (C=O) groups is 1. The minimum atomic E-state index is 0.0364. The summed E-state index contributed by atoms with van der Waals surface area (Å²) in [4.78, 5) is 16.3. The lowest BCUT2D eigenvalue weighted by atomic mass is 10.1. The van der Waals surface area contributed by atoms with E-state index in [1.807, 2.05) is 30.3 Å². The first-order valence-electron chi connectivity index (χ1n) is 6.01. The number of pyridine rings is 1. The van der Waals surface area contributed by atoms with Crippen LogP contribution in [0.4, 0.5) is 5.69 Å². The molecule has 0 saturated heterocycles. The number of ketones is 1. The maximum atomic E-state index is 12.0. The van der Waals surface area contributed by atoms with Crippen molar-refractivity contribution in [2.24, 2.45) is 0 Å². The standard InChI is InChI=1S/C15H16N2O/c1-2-3-4-9-15(18)14-10-12(16)11-7-5-6-8-13(11)17-14/h2,5-8,10H,1,3-4,9H2,(H2,16,17). The SMILES string of the molecule is C=CCCCC(=O)c1cc(N)c2ccccc2n1. The number of allylic oxidation sites excluding steroid dienone is 1. The van der Waals surface area contributed by atoms with Gasteiger partial charge >= 0.3 is 0 Å². The highest BCUT2D eigenvalue weighted by atomic mass is 16.1. The molecule has 0 aliphatic heterocycles. The summed E-state index contributed by atoms with van der Waals surface area (Å²) in [7, 11) is 0. The number of nitrogen functional groups attached to an aromatic ring is 1. The number of unbranched alkanes of at least 4 members (excludes halogenated alkanes) is 1. The molecule has 0 bridgehead atoms. The minimum absolute atomic E-state index is 0.0364. The predicted octanol–water partition coefficient (Wildman–Crippen LogP) is 3.36. The highest BCUT2D eigenvalue weighted by molar-refractivity contribution is 6.00. The first-order valence-corrected chi connectivity index (χ1v) is 6.01. The van der Waals surface area contributed by atoms with E-state index in [1.165, 1.54) is 0 Å². The zero-order valence-electron chi connectivity index (χ0n) is 10.2. The summed E-state index contributed by atoms with van der Waals surface area (Å²) in [5.41, 5.74) is 7.77. The zero-order valence-corrected chi connectivity index (χ0v) is 10.2. The van der Waals surface area contributed by atoms with Crippen molar-refractivity contribution in [3.05, 3.63) is 48.7 Å². The van der Waals surface area contributed by atoms with Crippen molar-refractivity contribution in [1.82, 2.24) is 4.98 Å². The zero-order chi connectivity index (χ0) is 13.0. The number of hydrogen-bond acceptors (Lipinski definition) is 3. The Morgan fingerprint density at radius 3 is 2.94 bits per heavy atom. The van der Waals surface area contributed by atoms with Crippen LogP contribution in [0.25, 0.3) is 10.9 Å². The van der Waals surface area contributed by atoms with Crippen molar-refractivity contribution in [2.75, 3.05) is 5.73 Å². The Balaban J connectivity index is 2.28. The van der Waals surface area contributed by atoms with Crippen LogP contribution in [0.1, 0.15) is 29.8 Å². The highest BCUT2D eigenvalue weighted by Crippen LogP contribution is 2.21. The second-order valence-electron chi connectivity index (χ2n) is 4.22. The quantitative estimate of drug-likeness (QED) is 0.495. The Kier molecular flexibility index (Phi) is 3.72. The maximum absolute atomic E-state index is 12.0. The fraction of sp³-hybridized carbons (Fsp3) is 0.200. The van der Waals surface area contributed by atoms with Crippen LogP contribution in [0.5, 0.6) is 0 Å². The van der Waals surface area contributed by atoms with Crippen LogP contribution in [0.3, 0.4) is 0 Å².